The van der Waals surface area contributed by atoms with Crippen LogP contribution in [-0.2, 0) is 0 Å². The zero-order valence-electron chi connectivity index (χ0n) is 21.2. The summed E-state index contributed by atoms with van der Waals surface area (Å²) in [4.78, 5) is 0. The van der Waals surface area contributed by atoms with Gasteiger partial charge in [0.1, 0.15) is 0 Å². The topological polar surface area (TPSA) is 40.5 Å². The molecule has 4 aliphatic rings. The molecule has 0 aliphatic heterocycles. The van der Waals surface area contributed by atoms with Gasteiger partial charge in [-0.3, -0.25) is 0 Å². The third-order valence-electron chi connectivity index (χ3n) is 10.9. The molecule has 3 saturated carbocycles. The van der Waals surface area contributed by atoms with Crippen molar-refractivity contribution in [3.63, 3.8) is 0 Å². The average molecular weight is 529 g/mol. The summed E-state index contributed by atoms with van der Waals surface area (Å²) in [5.74, 6) is 0.518. The van der Waals surface area contributed by atoms with E-state index in [0.29, 0.717) is 6.42 Å². The summed E-state index contributed by atoms with van der Waals surface area (Å²) in [5.41, 5.74) is -4.27. The maximum atomic E-state index is 14.1. The standard InChI is InChI=1S/C27H39F7O2/c1-15(5-4-10-25(28,26(29,30)31)27(32,33)34)18-6-7-19-22-20(9-12-24(18,19)3)23(2)11-8-17(35)13-16(23)14-21(22)36/h14-15,17-22,35-36H,4-13H2,1-3H3/t15?,17-,18+,19-,20-,21-,22-,23-,24+/m0/s1. The molecule has 9 heteroatoms. The number of aliphatic hydroxyl groups excluding tert-OH is 2. The van der Waals surface area contributed by atoms with Gasteiger partial charge in [-0.15, -0.1) is 0 Å². The third kappa shape index (κ3) is 4.32. The molecule has 9 atom stereocenters. The van der Waals surface area contributed by atoms with Crippen LogP contribution >= 0.6 is 0 Å². The van der Waals surface area contributed by atoms with Crippen molar-refractivity contribution in [1.82, 2.24) is 0 Å². The zero-order chi connectivity index (χ0) is 26.9. The van der Waals surface area contributed by atoms with Gasteiger partial charge >= 0.3 is 12.4 Å². The second-order valence-electron chi connectivity index (χ2n) is 12.7. The van der Waals surface area contributed by atoms with Crippen LogP contribution in [0.1, 0.15) is 85.0 Å². The van der Waals surface area contributed by atoms with E-state index in [0.717, 1.165) is 44.1 Å². The molecule has 3 fully saturated rings. The van der Waals surface area contributed by atoms with Gasteiger partial charge in [-0.1, -0.05) is 38.8 Å². The van der Waals surface area contributed by atoms with Gasteiger partial charge in [0, 0.05) is 0 Å². The first-order valence-electron chi connectivity index (χ1n) is 13.4. The van der Waals surface area contributed by atoms with Gasteiger partial charge in [-0.25, -0.2) is 4.39 Å². The fourth-order valence-corrected chi connectivity index (χ4v) is 8.92. The van der Waals surface area contributed by atoms with Crippen LogP contribution in [0.15, 0.2) is 11.6 Å². The van der Waals surface area contributed by atoms with Crippen molar-refractivity contribution in [2.75, 3.05) is 0 Å². The van der Waals surface area contributed by atoms with E-state index in [4.69, 9.17) is 0 Å². The number of halogens is 7. The lowest BCUT2D eigenvalue weighted by Crippen LogP contribution is -2.55. The summed E-state index contributed by atoms with van der Waals surface area (Å²) >= 11 is 0. The molecule has 0 bridgehead atoms. The number of rotatable bonds is 5. The minimum atomic E-state index is -5.99. The highest BCUT2D eigenvalue weighted by Crippen LogP contribution is 2.67. The Hall–Kier alpha value is -0.830. The minimum absolute atomic E-state index is 0.0545. The Bertz CT molecular complexity index is 838. The summed E-state index contributed by atoms with van der Waals surface area (Å²) in [6, 6.07) is 0. The first-order valence-corrected chi connectivity index (χ1v) is 13.4. The molecule has 0 saturated heterocycles. The second kappa shape index (κ2) is 9.13. The Morgan fingerprint density at radius 3 is 2.17 bits per heavy atom. The van der Waals surface area contributed by atoms with E-state index in [1.165, 1.54) is 0 Å². The fraction of sp³-hybridized carbons (Fsp3) is 0.926. The lowest BCUT2D eigenvalue weighted by molar-refractivity contribution is -0.343. The van der Waals surface area contributed by atoms with Crippen LogP contribution in [0.25, 0.3) is 0 Å². The smallest absolute Gasteiger partial charge is 0.393 e. The number of alkyl halides is 7. The molecule has 0 spiro atoms. The van der Waals surface area contributed by atoms with Crippen molar-refractivity contribution in [3.05, 3.63) is 11.6 Å². The molecule has 2 nitrogen and oxygen atoms in total. The molecule has 36 heavy (non-hydrogen) atoms. The molecule has 1 unspecified atom stereocenters. The Labute approximate surface area is 208 Å². The molecule has 4 aliphatic carbocycles. The predicted molar refractivity (Wildman–Crippen MR) is 122 cm³/mol. The van der Waals surface area contributed by atoms with Crippen LogP contribution in [-0.4, -0.2) is 40.4 Å². The highest BCUT2D eigenvalue weighted by molar-refractivity contribution is 5.28. The number of hydrogen-bond donors (Lipinski definition) is 2. The van der Waals surface area contributed by atoms with Gasteiger partial charge in [0.15, 0.2) is 0 Å². The third-order valence-corrected chi connectivity index (χ3v) is 10.9. The predicted octanol–water partition coefficient (Wildman–Crippen LogP) is 7.54. The van der Waals surface area contributed by atoms with Crippen LogP contribution < -0.4 is 0 Å². The normalized spacial score (nSPS) is 42.3. The summed E-state index contributed by atoms with van der Waals surface area (Å²) in [6.45, 7) is 6.28. The molecule has 0 amide bonds. The average Bonchev–Trinajstić information content (AvgIpc) is 3.10. The van der Waals surface area contributed by atoms with Crippen molar-refractivity contribution in [3.8, 4) is 0 Å². The first kappa shape index (κ1) is 28.2. The van der Waals surface area contributed by atoms with Gasteiger partial charge in [0.2, 0.25) is 0 Å². The number of aliphatic hydroxyl groups is 2. The molecule has 2 N–H and O–H groups in total. The fourth-order valence-electron chi connectivity index (χ4n) is 8.92. The van der Waals surface area contributed by atoms with Crippen LogP contribution in [0.5, 0.6) is 0 Å². The summed E-state index contributed by atoms with van der Waals surface area (Å²) < 4.78 is 91.7. The summed E-state index contributed by atoms with van der Waals surface area (Å²) in [6.07, 6.45) is -7.38. The van der Waals surface area contributed by atoms with E-state index < -0.39 is 37.0 Å². The molecule has 0 aromatic heterocycles. The highest BCUT2D eigenvalue weighted by atomic mass is 19.4. The van der Waals surface area contributed by atoms with E-state index in [9.17, 15) is 40.9 Å². The molecule has 4 rings (SSSR count). The zero-order valence-corrected chi connectivity index (χ0v) is 21.2. The van der Waals surface area contributed by atoms with E-state index in [-0.39, 0.29) is 52.9 Å². The van der Waals surface area contributed by atoms with E-state index in [1.807, 2.05) is 13.0 Å². The molecule has 0 aromatic rings. The van der Waals surface area contributed by atoms with Crippen LogP contribution in [0.4, 0.5) is 30.7 Å². The Morgan fingerprint density at radius 1 is 0.917 bits per heavy atom. The van der Waals surface area contributed by atoms with Crippen molar-refractivity contribution in [2.24, 2.45) is 40.4 Å². The second-order valence-corrected chi connectivity index (χ2v) is 12.7. The Kier molecular flexibility index (Phi) is 7.15. The Balaban J connectivity index is 1.47. The maximum absolute atomic E-state index is 14.1. The van der Waals surface area contributed by atoms with E-state index in [1.54, 1.807) is 0 Å². The van der Waals surface area contributed by atoms with Crippen molar-refractivity contribution < 1.29 is 40.9 Å². The largest absolute Gasteiger partial charge is 0.431 e. The maximum Gasteiger partial charge on any atom is 0.431 e. The minimum Gasteiger partial charge on any atom is -0.393 e. The quantitative estimate of drug-likeness (QED) is 0.286. The van der Waals surface area contributed by atoms with Crippen molar-refractivity contribution in [1.29, 1.82) is 0 Å². The number of hydrogen-bond acceptors (Lipinski definition) is 2. The molecule has 0 heterocycles. The van der Waals surface area contributed by atoms with E-state index in [2.05, 4.69) is 13.8 Å². The monoisotopic (exact) mass is 528 g/mol. The Morgan fingerprint density at radius 2 is 1.56 bits per heavy atom. The SMILES string of the molecule is CC(CCCC(F)(C(F)(F)F)C(F)(F)F)[C@H]1CC[C@H]2[C@@H]3[C@@H](O)C=C4C[C@@H](O)CC[C@]4(C)[C@H]3CC[C@]12C. The highest BCUT2D eigenvalue weighted by Gasteiger charge is 2.71. The lowest BCUT2D eigenvalue weighted by Gasteiger charge is -2.59. The van der Waals surface area contributed by atoms with E-state index >= 15 is 0 Å². The van der Waals surface area contributed by atoms with Gasteiger partial charge in [-0.2, -0.15) is 26.3 Å². The molecule has 0 radical (unpaired) electrons. The first-order chi connectivity index (χ1) is 16.5. The van der Waals surface area contributed by atoms with Gasteiger partial charge in [0.05, 0.1) is 12.2 Å². The summed E-state index contributed by atoms with van der Waals surface area (Å²) in [5, 5.41) is 21.4. The molecule has 208 valence electrons. The molecular weight excluding hydrogens is 489 g/mol. The van der Waals surface area contributed by atoms with Crippen LogP contribution in [0.2, 0.25) is 0 Å². The van der Waals surface area contributed by atoms with Gasteiger partial charge in [-0.05, 0) is 98.2 Å². The van der Waals surface area contributed by atoms with Crippen molar-refractivity contribution in [2.45, 2.75) is 115 Å². The van der Waals surface area contributed by atoms with Crippen LogP contribution in [0.3, 0.4) is 0 Å². The van der Waals surface area contributed by atoms with Gasteiger partial charge in [0.25, 0.3) is 5.67 Å². The van der Waals surface area contributed by atoms with Crippen LogP contribution in [0, 0.1) is 40.4 Å². The van der Waals surface area contributed by atoms with Crippen molar-refractivity contribution >= 4 is 0 Å². The molecule has 0 aromatic carbocycles. The number of fused-ring (bicyclic) bond motifs is 5. The molecular formula is C27H39F7O2. The summed E-state index contributed by atoms with van der Waals surface area (Å²) in [7, 11) is 0. The van der Waals surface area contributed by atoms with Gasteiger partial charge < -0.3 is 10.2 Å². The lowest BCUT2D eigenvalue weighted by atomic mass is 9.46.